The Morgan fingerprint density at radius 2 is 2.22 bits per heavy atom. The van der Waals surface area contributed by atoms with Crippen molar-refractivity contribution in [1.29, 1.82) is 0 Å². The van der Waals surface area contributed by atoms with Crippen molar-refractivity contribution in [3.05, 3.63) is 22.8 Å². The molecule has 2 rings (SSSR count). The molecule has 0 amide bonds. The van der Waals surface area contributed by atoms with Crippen molar-refractivity contribution in [2.75, 3.05) is 25.5 Å². The van der Waals surface area contributed by atoms with Crippen LogP contribution in [-0.2, 0) is 6.54 Å². The predicted molar refractivity (Wildman–Crippen MR) is 77.1 cm³/mol. The Balaban J connectivity index is 2.03. The molecule has 1 N–H and O–H groups in total. The van der Waals surface area contributed by atoms with Crippen LogP contribution in [0.5, 0.6) is 0 Å². The molecule has 0 radical (unpaired) electrons. The second-order valence-corrected chi connectivity index (χ2v) is 5.46. The van der Waals surface area contributed by atoms with E-state index in [1.807, 2.05) is 19.2 Å². The highest BCUT2D eigenvalue weighted by molar-refractivity contribution is 6.31. The van der Waals surface area contributed by atoms with Crippen molar-refractivity contribution in [1.82, 2.24) is 9.88 Å². The summed E-state index contributed by atoms with van der Waals surface area (Å²) in [5.41, 5.74) is 0.984. The molecule has 1 aliphatic rings. The molecular formula is C14H22ClN3. The monoisotopic (exact) mass is 267 g/mol. The van der Waals surface area contributed by atoms with Crippen molar-refractivity contribution >= 4 is 17.4 Å². The maximum atomic E-state index is 6.23. The predicted octanol–water partition coefficient (Wildman–Crippen LogP) is 3.40. The molecule has 100 valence electrons. The molecule has 0 spiro atoms. The molecule has 0 unspecified atom stereocenters. The minimum Gasteiger partial charge on any atom is -0.373 e. The van der Waals surface area contributed by atoms with E-state index in [4.69, 9.17) is 11.6 Å². The number of aromatic nitrogens is 1. The third-order valence-electron chi connectivity index (χ3n) is 3.30. The number of rotatable bonds is 7. The summed E-state index contributed by atoms with van der Waals surface area (Å²) in [4.78, 5) is 7.03. The first kappa shape index (κ1) is 13.6. The van der Waals surface area contributed by atoms with Gasteiger partial charge in [0.25, 0.3) is 0 Å². The van der Waals surface area contributed by atoms with E-state index in [1.165, 1.54) is 25.8 Å². The Hall–Kier alpha value is -0.800. The second kappa shape index (κ2) is 6.39. The summed E-state index contributed by atoms with van der Waals surface area (Å²) in [5, 5.41) is 3.83. The lowest BCUT2D eigenvalue weighted by atomic mass is 10.2. The summed E-state index contributed by atoms with van der Waals surface area (Å²) in [6.07, 6.45) is 3.95. The Bertz CT molecular complexity index is 391. The summed E-state index contributed by atoms with van der Waals surface area (Å²) in [6, 6.07) is 3.84. The summed E-state index contributed by atoms with van der Waals surface area (Å²) < 4.78 is 0. The molecule has 3 nitrogen and oxygen atoms in total. The Morgan fingerprint density at radius 3 is 2.83 bits per heavy atom. The van der Waals surface area contributed by atoms with E-state index in [1.54, 1.807) is 0 Å². The van der Waals surface area contributed by atoms with Gasteiger partial charge in [-0.25, -0.2) is 4.98 Å². The van der Waals surface area contributed by atoms with Crippen LogP contribution in [-0.4, -0.2) is 30.0 Å². The zero-order valence-corrected chi connectivity index (χ0v) is 12.0. The smallest absolute Gasteiger partial charge is 0.126 e. The highest BCUT2D eigenvalue weighted by atomic mass is 35.5. The number of anilines is 1. The van der Waals surface area contributed by atoms with Gasteiger partial charge in [0.2, 0.25) is 0 Å². The molecule has 1 fully saturated rings. The Kier molecular flexibility index (Phi) is 4.84. The molecule has 0 saturated heterocycles. The standard InChI is InChI=1S/C14H22ClN3/c1-3-8-18(9-11-4-5-11)10-13-12(15)6-7-14(16-2)17-13/h6-7,11H,3-5,8-10H2,1-2H3,(H,16,17). The van der Waals surface area contributed by atoms with Crippen LogP contribution in [0.15, 0.2) is 12.1 Å². The molecule has 18 heavy (non-hydrogen) atoms. The highest BCUT2D eigenvalue weighted by Gasteiger charge is 2.24. The normalized spacial score (nSPS) is 15.1. The molecule has 0 atom stereocenters. The van der Waals surface area contributed by atoms with Crippen LogP contribution in [0.4, 0.5) is 5.82 Å². The van der Waals surface area contributed by atoms with E-state index >= 15 is 0 Å². The number of nitrogens with zero attached hydrogens (tertiary/aromatic N) is 2. The van der Waals surface area contributed by atoms with E-state index in [0.717, 1.165) is 35.5 Å². The largest absolute Gasteiger partial charge is 0.373 e. The number of hydrogen-bond acceptors (Lipinski definition) is 3. The van der Waals surface area contributed by atoms with Gasteiger partial charge in [-0.2, -0.15) is 0 Å². The van der Waals surface area contributed by atoms with Crippen LogP contribution in [0, 0.1) is 5.92 Å². The molecular weight excluding hydrogens is 246 g/mol. The number of halogens is 1. The number of pyridine rings is 1. The first-order valence-electron chi connectivity index (χ1n) is 6.78. The van der Waals surface area contributed by atoms with Crippen LogP contribution in [0.25, 0.3) is 0 Å². The topological polar surface area (TPSA) is 28.2 Å². The zero-order chi connectivity index (χ0) is 13.0. The Labute approximate surface area is 115 Å². The van der Waals surface area contributed by atoms with Gasteiger partial charge in [-0.3, -0.25) is 4.90 Å². The van der Waals surface area contributed by atoms with E-state index in [9.17, 15) is 0 Å². The zero-order valence-electron chi connectivity index (χ0n) is 11.2. The molecule has 1 heterocycles. The molecule has 1 aliphatic carbocycles. The first-order valence-corrected chi connectivity index (χ1v) is 7.16. The van der Waals surface area contributed by atoms with Gasteiger partial charge in [0.1, 0.15) is 5.82 Å². The van der Waals surface area contributed by atoms with Gasteiger partial charge in [0, 0.05) is 20.1 Å². The van der Waals surface area contributed by atoms with Crippen LogP contribution in [0.1, 0.15) is 31.9 Å². The van der Waals surface area contributed by atoms with Crippen molar-refractivity contribution in [3.8, 4) is 0 Å². The molecule has 4 heteroatoms. The third kappa shape index (κ3) is 3.85. The van der Waals surface area contributed by atoms with Gasteiger partial charge >= 0.3 is 0 Å². The Morgan fingerprint density at radius 1 is 1.44 bits per heavy atom. The van der Waals surface area contributed by atoms with E-state index in [0.29, 0.717) is 0 Å². The van der Waals surface area contributed by atoms with E-state index in [-0.39, 0.29) is 0 Å². The minimum absolute atomic E-state index is 0.769. The fourth-order valence-corrected chi connectivity index (χ4v) is 2.33. The van der Waals surface area contributed by atoms with Gasteiger partial charge < -0.3 is 5.32 Å². The van der Waals surface area contributed by atoms with Crippen LogP contribution in [0.3, 0.4) is 0 Å². The van der Waals surface area contributed by atoms with Crippen molar-refractivity contribution in [2.24, 2.45) is 5.92 Å². The average molecular weight is 268 g/mol. The second-order valence-electron chi connectivity index (χ2n) is 5.05. The lowest BCUT2D eigenvalue weighted by Gasteiger charge is -2.21. The summed E-state index contributed by atoms with van der Waals surface area (Å²) in [5.74, 6) is 1.79. The lowest BCUT2D eigenvalue weighted by Crippen LogP contribution is -2.27. The number of hydrogen-bond donors (Lipinski definition) is 1. The quantitative estimate of drug-likeness (QED) is 0.821. The first-order chi connectivity index (χ1) is 8.72. The van der Waals surface area contributed by atoms with E-state index < -0.39 is 0 Å². The summed E-state index contributed by atoms with van der Waals surface area (Å²) >= 11 is 6.23. The van der Waals surface area contributed by atoms with Gasteiger partial charge in [-0.15, -0.1) is 0 Å². The average Bonchev–Trinajstić information content (AvgIpc) is 3.16. The summed E-state index contributed by atoms with van der Waals surface area (Å²) in [7, 11) is 1.88. The van der Waals surface area contributed by atoms with Gasteiger partial charge in [0.05, 0.1) is 10.7 Å². The van der Waals surface area contributed by atoms with Gasteiger partial charge in [0.15, 0.2) is 0 Å². The van der Waals surface area contributed by atoms with Crippen molar-refractivity contribution in [2.45, 2.75) is 32.7 Å². The molecule has 1 aromatic rings. The fraction of sp³-hybridized carbons (Fsp3) is 0.643. The third-order valence-corrected chi connectivity index (χ3v) is 3.65. The van der Waals surface area contributed by atoms with Crippen molar-refractivity contribution < 1.29 is 0 Å². The lowest BCUT2D eigenvalue weighted by molar-refractivity contribution is 0.252. The molecule has 1 aromatic heterocycles. The molecule has 0 aliphatic heterocycles. The number of nitrogens with one attached hydrogen (secondary N) is 1. The van der Waals surface area contributed by atoms with Crippen LogP contribution < -0.4 is 5.32 Å². The summed E-state index contributed by atoms with van der Waals surface area (Å²) in [6.45, 7) is 5.39. The van der Waals surface area contributed by atoms with Crippen LogP contribution >= 0.6 is 11.6 Å². The molecule has 0 aromatic carbocycles. The SMILES string of the molecule is CCCN(Cc1nc(NC)ccc1Cl)CC1CC1. The maximum Gasteiger partial charge on any atom is 0.126 e. The van der Waals surface area contributed by atoms with Crippen molar-refractivity contribution in [3.63, 3.8) is 0 Å². The minimum atomic E-state index is 0.769. The van der Waals surface area contributed by atoms with Crippen LogP contribution in [0.2, 0.25) is 5.02 Å². The van der Waals surface area contributed by atoms with E-state index in [2.05, 4.69) is 22.1 Å². The molecule has 1 saturated carbocycles. The van der Waals surface area contributed by atoms with Gasteiger partial charge in [-0.1, -0.05) is 18.5 Å². The van der Waals surface area contributed by atoms with Gasteiger partial charge in [-0.05, 0) is 43.9 Å². The maximum absolute atomic E-state index is 6.23. The fourth-order valence-electron chi connectivity index (χ4n) is 2.16. The molecule has 0 bridgehead atoms. The highest BCUT2D eigenvalue weighted by Crippen LogP contribution is 2.30.